The van der Waals surface area contributed by atoms with Crippen LogP contribution in [0.25, 0.3) is 0 Å². The molecule has 0 aliphatic heterocycles. The minimum absolute atomic E-state index is 0.00301. The van der Waals surface area contributed by atoms with E-state index in [1.165, 1.54) is 0 Å². The van der Waals surface area contributed by atoms with E-state index in [4.69, 9.17) is 4.74 Å². The SMILES string of the molecule is Cc1ccc(C[C@@H](NC(=O)[C@H](CO)NC(=O)OCc2ccccc2)C(=O)O)cc1C. The van der Waals surface area contributed by atoms with Gasteiger partial charge >= 0.3 is 12.1 Å². The molecule has 0 bridgehead atoms. The molecule has 0 saturated heterocycles. The fraction of sp³-hybridized carbons (Fsp3) is 0.318. The summed E-state index contributed by atoms with van der Waals surface area (Å²) < 4.78 is 5.03. The first-order chi connectivity index (χ1) is 14.3. The number of hydrogen-bond acceptors (Lipinski definition) is 5. The van der Waals surface area contributed by atoms with Gasteiger partial charge in [0, 0.05) is 6.42 Å². The van der Waals surface area contributed by atoms with Crippen LogP contribution in [0.5, 0.6) is 0 Å². The van der Waals surface area contributed by atoms with E-state index in [1.807, 2.05) is 32.0 Å². The summed E-state index contributed by atoms with van der Waals surface area (Å²) in [5.41, 5.74) is 3.60. The van der Waals surface area contributed by atoms with E-state index in [0.717, 1.165) is 22.3 Å². The van der Waals surface area contributed by atoms with Crippen LogP contribution in [-0.4, -0.2) is 46.9 Å². The molecule has 0 saturated carbocycles. The third-order valence-corrected chi connectivity index (χ3v) is 4.63. The zero-order valence-electron chi connectivity index (χ0n) is 16.9. The Balaban J connectivity index is 1.94. The van der Waals surface area contributed by atoms with Crippen molar-refractivity contribution in [3.05, 3.63) is 70.8 Å². The molecule has 8 nitrogen and oxygen atoms in total. The first kappa shape index (κ1) is 22.9. The summed E-state index contributed by atoms with van der Waals surface area (Å²) in [5, 5.41) is 23.5. The standard InChI is InChI=1S/C22H26N2O6/c1-14-8-9-17(10-15(14)2)11-18(21(27)28)23-20(26)19(12-25)24-22(29)30-13-16-6-4-3-5-7-16/h3-10,18-19,25H,11-13H2,1-2H3,(H,23,26)(H,24,29)(H,27,28)/t18-,19+/m1/s1. The Kier molecular flexibility index (Phi) is 8.37. The molecule has 0 fully saturated rings. The lowest BCUT2D eigenvalue weighted by molar-refractivity contribution is -0.142. The number of ether oxygens (including phenoxy) is 1. The average Bonchev–Trinajstić information content (AvgIpc) is 2.73. The van der Waals surface area contributed by atoms with Crippen molar-refractivity contribution in [3.63, 3.8) is 0 Å². The Morgan fingerprint density at radius 2 is 1.63 bits per heavy atom. The number of rotatable bonds is 9. The van der Waals surface area contributed by atoms with Crippen molar-refractivity contribution in [2.24, 2.45) is 0 Å². The van der Waals surface area contributed by atoms with Gasteiger partial charge in [0.1, 0.15) is 18.7 Å². The molecule has 2 aromatic rings. The molecule has 2 amide bonds. The Morgan fingerprint density at radius 3 is 2.23 bits per heavy atom. The highest BCUT2D eigenvalue weighted by atomic mass is 16.5. The third kappa shape index (κ3) is 6.89. The topological polar surface area (TPSA) is 125 Å². The van der Waals surface area contributed by atoms with Crippen molar-refractivity contribution < 1.29 is 29.3 Å². The van der Waals surface area contributed by atoms with E-state index < -0.39 is 36.7 Å². The summed E-state index contributed by atoms with van der Waals surface area (Å²) in [5.74, 6) is -2.03. The third-order valence-electron chi connectivity index (χ3n) is 4.63. The molecule has 0 radical (unpaired) electrons. The number of hydrogen-bond donors (Lipinski definition) is 4. The number of carboxylic acids is 1. The maximum absolute atomic E-state index is 12.4. The number of aliphatic hydroxyl groups excluding tert-OH is 1. The van der Waals surface area contributed by atoms with Gasteiger partial charge in [0.05, 0.1) is 6.61 Å². The smallest absolute Gasteiger partial charge is 0.408 e. The van der Waals surface area contributed by atoms with E-state index in [0.29, 0.717) is 0 Å². The number of amides is 2. The fourth-order valence-electron chi connectivity index (χ4n) is 2.74. The van der Waals surface area contributed by atoms with Crippen LogP contribution in [-0.2, 0) is 27.4 Å². The molecule has 0 spiro atoms. The second kappa shape index (κ2) is 11.0. The van der Waals surface area contributed by atoms with Gasteiger partial charge in [0.2, 0.25) is 5.91 Å². The van der Waals surface area contributed by atoms with Crippen molar-refractivity contribution in [3.8, 4) is 0 Å². The van der Waals surface area contributed by atoms with E-state index in [-0.39, 0.29) is 13.0 Å². The largest absolute Gasteiger partial charge is 0.480 e. The Labute approximate surface area is 174 Å². The summed E-state index contributed by atoms with van der Waals surface area (Å²) in [6.45, 7) is 3.16. The van der Waals surface area contributed by atoms with E-state index in [1.54, 1.807) is 30.3 Å². The highest BCUT2D eigenvalue weighted by molar-refractivity contribution is 5.89. The van der Waals surface area contributed by atoms with Gasteiger partial charge in [-0.3, -0.25) is 4.79 Å². The summed E-state index contributed by atoms with van der Waals surface area (Å²) in [6, 6.07) is 11.9. The molecule has 0 aromatic heterocycles. The second-order valence-electron chi connectivity index (χ2n) is 6.96. The lowest BCUT2D eigenvalue weighted by Crippen LogP contribution is -2.53. The van der Waals surface area contributed by atoms with Crippen molar-refractivity contribution >= 4 is 18.0 Å². The van der Waals surface area contributed by atoms with Gasteiger partial charge in [-0.15, -0.1) is 0 Å². The van der Waals surface area contributed by atoms with Crippen molar-refractivity contribution in [1.29, 1.82) is 0 Å². The number of carboxylic acid groups (broad SMARTS) is 1. The Morgan fingerprint density at radius 1 is 0.933 bits per heavy atom. The van der Waals surface area contributed by atoms with Crippen LogP contribution in [0.3, 0.4) is 0 Å². The van der Waals surface area contributed by atoms with Gasteiger partial charge in [-0.1, -0.05) is 48.5 Å². The number of aliphatic hydroxyl groups is 1. The van der Waals surface area contributed by atoms with Gasteiger partial charge in [0.15, 0.2) is 0 Å². The summed E-state index contributed by atoms with van der Waals surface area (Å²) in [7, 11) is 0. The molecule has 8 heteroatoms. The molecule has 0 aliphatic rings. The lowest BCUT2D eigenvalue weighted by atomic mass is 10.0. The summed E-state index contributed by atoms with van der Waals surface area (Å²) >= 11 is 0. The summed E-state index contributed by atoms with van der Waals surface area (Å²) in [4.78, 5) is 35.9. The Hall–Kier alpha value is -3.39. The maximum atomic E-state index is 12.4. The monoisotopic (exact) mass is 414 g/mol. The molecule has 0 heterocycles. The minimum Gasteiger partial charge on any atom is -0.480 e. The molecular weight excluding hydrogens is 388 g/mol. The highest BCUT2D eigenvalue weighted by Crippen LogP contribution is 2.12. The van der Waals surface area contributed by atoms with Crippen molar-refractivity contribution in [2.45, 2.75) is 39.0 Å². The van der Waals surface area contributed by atoms with Crippen LogP contribution >= 0.6 is 0 Å². The zero-order chi connectivity index (χ0) is 22.1. The second-order valence-corrected chi connectivity index (χ2v) is 6.96. The highest BCUT2D eigenvalue weighted by Gasteiger charge is 2.26. The van der Waals surface area contributed by atoms with Gasteiger partial charge in [-0.05, 0) is 36.1 Å². The average molecular weight is 414 g/mol. The van der Waals surface area contributed by atoms with Crippen LogP contribution < -0.4 is 10.6 Å². The number of alkyl carbamates (subject to hydrolysis) is 1. The molecule has 2 atom stereocenters. The number of benzene rings is 2. The quantitative estimate of drug-likeness (QED) is 0.495. The molecule has 160 valence electrons. The molecule has 2 aromatic carbocycles. The van der Waals surface area contributed by atoms with Crippen molar-refractivity contribution in [2.75, 3.05) is 6.61 Å². The van der Waals surface area contributed by atoms with Crippen LogP contribution in [0.1, 0.15) is 22.3 Å². The molecule has 0 unspecified atom stereocenters. The normalized spacial score (nSPS) is 12.5. The number of aryl methyl sites for hydroxylation is 2. The predicted molar refractivity (Wildman–Crippen MR) is 110 cm³/mol. The van der Waals surface area contributed by atoms with Gasteiger partial charge in [0.25, 0.3) is 0 Å². The van der Waals surface area contributed by atoms with Gasteiger partial charge in [-0.2, -0.15) is 0 Å². The molecule has 0 aliphatic carbocycles. The van der Waals surface area contributed by atoms with E-state index in [2.05, 4.69) is 10.6 Å². The van der Waals surface area contributed by atoms with Gasteiger partial charge in [-0.25, -0.2) is 9.59 Å². The first-order valence-electron chi connectivity index (χ1n) is 9.47. The number of nitrogens with one attached hydrogen (secondary N) is 2. The fourth-order valence-corrected chi connectivity index (χ4v) is 2.74. The first-order valence-corrected chi connectivity index (χ1v) is 9.47. The number of carbonyl (C=O) groups excluding carboxylic acids is 2. The zero-order valence-corrected chi connectivity index (χ0v) is 16.9. The van der Waals surface area contributed by atoms with Crippen LogP contribution in [0.15, 0.2) is 48.5 Å². The predicted octanol–water partition coefficient (Wildman–Crippen LogP) is 1.70. The van der Waals surface area contributed by atoms with Crippen LogP contribution in [0.2, 0.25) is 0 Å². The maximum Gasteiger partial charge on any atom is 0.408 e. The molecular formula is C22H26N2O6. The lowest BCUT2D eigenvalue weighted by Gasteiger charge is -2.20. The molecule has 30 heavy (non-hydrogen) atoms. The van der Waals surface area contributed by atoms with E-state index >= 15 is 0 Å². The Bertz CT molecular complexity index is 884. The van der Waals surface area contributed by atoms with Crippen molar-refractivity contribution in [1.82, 2.24) is 10.6 Å². The molecule has 2 rings (SSSR count). The van der Waals surface area contributed by atoms with E-state index in [9.17, 15) is 24.6 Å². The summed E-state index contributed by atoms with van der Waals surface area (Å²) in [6.07, 6.45) is -0.826. The number of aliphatic carboxylic acids is 1. The number of carbonyl (C=O) groups is 3. The molecule has 4 N–H and O–H groups in total. The van der Waals surface area contributed by atoms with Crippen LogP contribution in [0, 0.1) is 13.8 Å². The minimum atomic E-state index is -1.34. The van der Waals surface area contributed by atoms with Crippen LogP contribution in [0.4, 0.5) is 4.79 Å². The van der Waals surface area contributed by atoms with Gasteiger partial charge < -0.3 is 25.6 Å².